The van der Waals surface area contributed by atoms with Gasteiger partial charge in [0.25, 0.3) is 0 Å². The number of aromatic nitrogens is 1. The molecule has 0 fully saturated rings. The number of carbonyl (C=O) groups excluding carboxylic acids is 1. The van der Waals surface area contributed by atoms with Crippen LogP contribution in [0.3, 0.4) is 0 Å². The fraction of sp³-hybridized carbons (Fsp3) is 0.448. The van der Waals surface area contributed by atoms with E-state index in [4.69, 9.17) is 4.74 Å². The van der Waals surface area contributed by atoms with Gasteiger partial charge in [-0.1, -0.05) is 76.8 Å². The third-order valence-electron chi connectivity index (χ3n) is 6.24. The van der Waals surface area contributed by atoms with E-state index in [-0.39, 0.29) is 11.3 Å². The Kier molecular flexibility index (Phi) is 9.75. The summed E-state index contributed by atoms with van der Waals surface area (Å²) in [6, 6.07) is 13.1. The lowest BCUT2D eigenvalue weighted by Crippen LogP contribution is -1.97. The Hall–Kier alpha value is -3.08. The van der Waals surface area contributed by atoms with Gasteiger partial charge in [-0.05, 0) is 55.7 Å². The van der Waals surface area contributed by atoms with Crippen molar-refractivity contribution in [2.75, 3.05) is 0 Å². The summed E-state index contributed by atoms with van der Waals surface area (Å²) in [4.78, 5) is 15.7. The fourth-order valence-corrected chi connectivity index (χ4v) is 4.28. The van der Waals surface area contributed by atoms with Crippen molar-refractivity contribution in [1.82, 2.24) is 4.98 Å². The van der Waals surface area contributed by atoms with Gasteiger partial charge >= 0.3 is 0 Å². The van der Waals surface area contributed by atoms with Gasteiger partial charge in [0.15, 0.2) is 5.78 Å². The molecule has 2 aromatic carbocycles. The topological polar surface area (TPSA) is 79.7 Å². The number of ketones is 1. The van der Waals surface area contributed by atoms with Crippen LogP contribution < -0.4 is 4.74 Å². The van der Waals surface area contributed by atoms with Gasteiger partial charge in [0, 0.05) is 5.39 Å². The summed E-state index contributed by atoms with van der Waals surface area (Å²) in [7, 11) is 0. The zero-order valence-electron chi connectivity index (χ0n) is 20.5. The first-order valence-corrected chi connectivity index (χ1v) is 12.6. The van der Waals surface area contributed by atoms with Crippen LogP contribution in [0, 0.1) is 0 Å². The molecule has 5 heteroatoms. The first-order chi connectivity index (χ1) is 16.5. The molecule has 0 amide bonds. The Labute approximate surface area is 202 Å². The number of carbonyl (C=O) groups is 1. The van der Waals surface area contributed by atoms with Crippen LogP contribution in [0.5, 0.6) is 23.1 Å². The van der Waals surface area contributed by atoms with E-state index in [0.717, 1.165) is 6.42 Å². The van der Waals surface area contributed by atoms with Crippen LogP contribution in [0.4, 0.5) is 0 Å². The second-order valence-electron chi connectivity index (χ2n) is 9.07. The summed E-state index contributed by atoms with van der Waals surface area (Å²) in [5.74, 6) is 0.0154. The zero-order valence-corrected chi connectivity index (χ0v) is 20.5. The molecule has 0 aliphatic carbocycles. The highest BCUT2D eigenvalue weighted by molar-refractivity contribution is 6.04. The molecule has 1 heterocycles. The summed E-state index contributed by atoms with van der Waals surface area (Å²) < 4.78 is 5.95. The minimum atomic E-state index is -0.468. The van der Waals surface area contributed by atoms with Gasteiger partial charge in [0.2, 0.25) is 5.88 Å². The number of aryl methyl sites for hydroxylation is 1. The average molecular weight is 464 g/mol. The third kappa shape index (κ3) is 7.21. The van der Waals surface area contributed by atoms with E-state index >= 15 is 0 Å². The van der Waals surface area contributed by atoms with E-state index < -0.39 is 11.7 Å². The van der Waals surface area contributed by atoms with Crippen molar-refractivity contribution in [2.24, 2.45) is 0 Å². The van der Waals surface area contributed by atoms with E-state index in [1.165, 1.54) is 76.7 Å². The van der Waals surface area contributed by atoms with Crippen LogP contribution in [-0.4, -0.2) is 21.0 Å². The molecule has 2 N–H and O–H groups in total. The van der Waals surface area contributed by atoms with Crippen LogP contribution in [-0.2, 0) is 6.42 Å². The number of hydrogen-bond donors (Lipinski definition) is 2. The summed E-state index contributed by atoms with van der Waals surface area (Å²) in [5, 5.41) is 20.7. The van der Waals surface area contributed by atoms with Crippen molar-refractivity contribution in [3.63, 3.8) is 0 Å². The minimum absolute atomic E-state index is 0.180. The van der Waals surface area contributed by atoms with Gasteiger partial charge in [0.05, 0.1) is 5.52 Å². The first-order valence-electron chi connectivity index (χ1n) is 12.6. The summed E-state index contributed by atoms with van der Waals surface area (Å²) in [6.45, 7) is 3.54. The number of nitrogens with zero attached hydrogens (tertiary/aromatic N) is 1. The maximum Gasteiger partial charge on any atom is 0.226 e. The van der Waals surface area contributed by atoms with E-state index in [9.17, 15) is 15.0 Å². The molecule has 0 aliphatic rings. The molecule has 0 saturated heterocycles. The van der Waals surface area contributed by atoms with Gasteiger partial charge in [-0.15, -0.1) is 0 Å². The van der Waals surface area contributed by atoms with Crippen LogP contribution in [0.1, 0.15) is 94.0 Å². The van der Waals surface area contributed by atoms with Crippen molar-refractivity contribution in [1.29, 1.82) is 0 Å². The standard InChI is InChI=1S/C29H37NO4/c1-3-4-5-6-7-8-9-10-11-12-13-22-14-16-23(17-15-22)34-24-18-19-26-25(20-24)28(32)27(21(2)31)29(33)30-26/h14-20H,3-13H2,1-2H3,(H2,30,32,33). The fourth-order valence-electron chi connectivity index (χ4n) is 4.28. The van der Waals surface area contributed by atoms with Crippen molar-refractivity contribution in [3.8, 4) is 23.1 Å². The minimum Gasteiger partial charge on any atom is -0.506 e. The lowest BCUT2D eigenvalue weighted by Gasteiger charge is -2.10. The van der Waals surface area contributed by atoms with E-state index in [0.29, 0.717) is 22.4 Å². The van der Waals surface area contributed by atoms with E-state index in [2.05, 4.69) is 24.0 Å². The Balaban J connectivity index is 1.47. The number of benzene rings is 2. The number of unbranched alkanes of at least 4 members (excludes halogenated alkanes) is 9. The molecule has 34 heavy (non-hydrogen) atoms. The first kappa shape index (κ1) is 25.5. The number of fused-ring (bicyclic) bond motifs is 1. The normalized spacial score (nSPS) is 11.1. The van der Waals surface area contributed by atoms with Gasteiger partial charge < -0.3 is 14.9 Å². The Bertz CT molecular complexity index is 1080. The maximum atomic E-state index is 11.7. The molecule has 0 atom stereocenters. The molecule has 0 radical (unpaired) electrons. The predicted octanol–water partition coefficient (Wildman–Crippen LogP) is 8.10. The molecule has 0 unspecified atom stereocenters. The molecular formula is C29H37NO4. The highest BCUT2D eigenvalue weighted by Gasteiger charge is 2.18. The number of pyridine rings is 1. The van der Waals surface area contributed by atoms with Gasteiger partial charge in [-0.2, -0.15) is 0 Å². The second kappa shape index (κ2) is 13.0. The van der Waals surface area contributed by atoms with Crippen molar-refractivity contribution in [2.45, 2.75) is 84.5 Å². The number of rotatable bonds is 14. The predicted molar refractivity (Wildman–Crippen MR) is 137 cm³/mol. The molecule has 3 rings (SSSR count). The molecule has 0 aliphatic heterocycles. The van der Waals surface area contributed by atoms with Crippen molar-refractivity contribution >= 4 is 16.7 Å². The molecule has 5 nitrogen and oxygen atoms in total. The molecule has 1 aromatic heterocycles. The summed E-state index contributed by atoms with van der Waals surface area (Å²) >= 11 is 0. The number of aromatic hydroxyl groups is 2. The molecule has 0 spiro atoms. The van der Waals surface area contributed by atoms with Gasteiger partial charge in [-0.3, -0.25) is 4.79 Å². The quantitative estimate of drug-likeness (QED) is 0.186. The van der Waals surface area contributed by atoms with Gasteiger partial charge in [0.1, 0.15) is 22.8 Å². The molecule has 3 aromatic rings. The summed E-state index contributed by atoms with van der Waals surface area (Å²) in [6.07, 6.45) is 14.5. The molecule has 0 bridgehead atoms. The largest absolute Gasteiger partial charge is 0.506 e. The van der Waals surface area contributed by atoms with E-state index in [1.807, 2.05) is 12.1 Å². The van der Waals surface area contributed by atoms with Gasteiger partial charge in [-0.25, -0.2) is 4.98 Å². The number of hydrogen-bond acceptors (Lipinski definition) is 5. The highest BCUT2D eigenvalue weighted by atomic mass is 16.5. The summed E-state index contributed by atoms with van der Waals surface area (Å²) in [5.41, 5.74) is 1.51. The zero-order chi connectivity index (χ0) is 24.3. The SMILES string of the molecule is CCCCCCCCCCCCc1ccc(Oc2ccc3nc(O)c(C(C)=O)c(O)c3c2)cc1. The van der Waals surface area contributed by atoms with Crippen molar-refractivity contribution < 1.29 is 19.7 Å². The smallest absolute Gasteiger partial charge is 0.226 e. The number of Topliss-reactive ketones (excluding diaryl/α,β-unsaturated/α-hetero) is 1. The Morgan fingerprint density at radius 3 is 2.03 bits per heavy atom. The van der Waals surface area contributed by atoms with Crippen LogP contribution >= 0.6 is 0 Å². The van der Waals surface area contributed by atoms with Crippen LogP contribution in [0.25, 0.3) is 10.9 Å². The van der Waals surface area contributed by atoms with Crippen molar-refractivity contribution in [3.05, 3.63) is 53.6 Å². The molecule has 0 saturated carbocycles. The second-order valence-corrected chi connectivity index (χ2v) is 9.07. The number of ether oxygens (including phenoxy) is 1. The highest BCUT2D eigenvalue weighted by Crippen LogP contribution is 2.36. The lowest BCUT2D eigenvalue weighted by atomic mass is 10.0. The van der Waals surface area contributed by atoms with Crippen LogP contribution in [0.15, 0.2) is 42.5 Å². The molecule has 182 valence electrons. The Morgan fingerprint density at radius 1 is 0.824 bits per heavy atom. The van der Waals surface area contributed by atoms with E-state index in [1.54, 1.807) is 18.2 Å². The maximum absolute atomic E-state index is 11.7. The van der Waals surface area contributed by atoms with Crippen LogP contribution in [0.2, 0.25) is 0 Å². The molecular weight excluding hydrogens is 426 g/mol. The Morgan fingerprint density at radius 2 is 1.41 bits per heavy atom. The lowest BCUT2D eigenvalue weighted by molar-refractivity contribution is 0.101. The third-order valence-corrected chi connectivity index (χ3v) is 6.24. The monoisotopic (exact) mass is 463 g/mol. The average Bonchev–Trinajstić information content (AvgIpc) is 2.81.